The maximum Gasteiger partial charge on any atom is 0.303 e. The topological polar surface area (TPSA) is 123 Å². The minimum absolute atomic E-state index is 0.0944. The first kappa shape index (κ1) is 22.6. The van der Waals surface area contributed by atoms with Crippen LogP contribution in [-0.2, 0) is 34.2 Å². The molecule has 2 aromatic rings. The van der Waals surface area contributed by atoms with Crippen molar-refractivity contribution in [2.75, 3.05) is 5.75 Å². The highest BCUT2D eigenvalue weighted by atomic mass is 32.2. The van der Waals surface area contributed by atoms with E-state index in [1.54, 1.807) is 24.3 Å². The number of nitriles is 1. The van der Waals surface area contributed by atoms with Crippen molar-refractivity contribution < 1.29 is 33.7 Å². The number of nitrogens with zero attached hydrogens (tertiary/aromatic N) is 1. The van der Waals surface area contributed by atoms with E-state index in [1.165, 1.54) is 6.92 Å². The quantitative estimate of drug-likeness (QED) is 0.560. The van der Waals surface area contributed by atoms with Gasteiger partial charge in [0.2, 0.25) is 5.60 Å². The molecule has 4 atom stereocenters. The standard InChI is InChI=1S/C22H21NO7S/c1-12(24)28-19-11-31-21(27)22(30-14(3)26,20(19)29-13(2)25)18-9-8-15-6-4-5-7-16(15)17(18)10-23/h4-9,19-21,27H,11H2,1-3H3/t19-,20+,21-,22-/m1/s1. The number of rotatable bonds is 4. The summed E-state index contributed by atoms with van der Waals surface area (Å²) in [7, 11) is 0. The fourth-order valence-corrected chi connectivity index (χ4v) is 5.04. The number of carbonyl (C=O) groups is 3. The molecular weight excluding hydrogens is 422 g/mol. The summed E-state index contributed by atoms with van der Waals surface area (Å²) in [6.45, 7) is 3.50. The van der Waals surface area contributed by atoms with Gasteiger partial charge in [-0.2, -0.15) is 5.26 Å². The summed E-state index contributed by atoms with van der Waals surface area (Å²) in [4.78, 5) is 35.8. The summed E-state index contributed by atoms with van der Waals surface area (Å²) < 4.78 is 16.5. The molecule has 1 N–H and O–H groups in total. The second-order valence-electron chi connectivity index (χ2n) is 7.07. The number of fused-ring (bicyclic) bond motifs is 1. The van der Waals surface area contributed by atoms with Gasteiger partial charge in [0.15, 0.2) is 12.2 Å². The lowest BCUT2D eigenvalue weighted by atomic mass is 9.81. The Hall–Kier alpha value is -3.09. The molecule has 0 amide bonds. The van der Waals surface area contributed by atoms with Crippen LogP contribution in [0.15, 0.2) is 36.4 Å². The van der Waals surface area contributed by atoms with Gasteiger partial charge in [0.1, 0.15) is 11.5 Å². The first-order valence-corrected chi connectivity index (χ1v) is 10.5. The smallest absolute Gasteiger partial charge is 0.303 e. The van der Waals surface area contributed by atoms with Gasteiger partial charge in [-0.3, -0.25) is 14.4 Å². The maximum absolute atomic E-state index is 12.2. The van der Waals surface area contributed by atoms with Crippen LogP contribution >= 0.6 is 11.8 Å². The summed E-state index contributed by atoms with van der Waals surface area (Å²) in [5, 5.41) is 22.4. The van der Waals surface area contributed by atoms with Gasteiger partial charge in [-0.1, -0.05) is 36.4 Å². The van der Waals surface area contributed by atoms with Crippen molar-refractivity contribution in [2.45, 2.75) is 44.0 Å². The molecule has 1 aliphatic rings. The van der Waals surface area contributed by atoms with Crippen LogP contribution in [0.5, 0.6) is 0 Å². The second kappa shape index (κ2) is 8.96. The Bertz CT molecular complexity index is 1080. The zero-order valence-corrected chi connectivity index (χ0v) is 18.0. The van der Waals surface area contributed by atoms with Gasteiger partial charge in [-0.15, -0.1) is 11.8 Å². The van der Waals surface area contributed by atoms with E-state index in [0.717, 1.165) is 31.0 Å². The Morgan fingerprint density at radius 2 is 1.74 bits per heavy atom. The van der Waals surface area contributed by atoms with E-state index in [2.05, 4.69) is 6.07 Å². The third-order valence-electron chi connectivity index (χ3n) is 4.93. The molecule has 0 spiro atoms. The lowest BCUT2D eigenvalue weighted by molar-refractivity contribution is -0.218. The van der Waals surface area contributed by atoms with Crippen LogP contribution in [0.1, 0.15) is 31.9 Å². The molecule has 2 aromatic carbocycles. The van der Waals surface area contributed by atoms with Gasteiger partial charge in [-0.05, 0) is 10.8 Å². The molecule has 0 unspecified atom stereocenters. The number of esters is 3. The normalized spacial score (nSPS) is 25.3. The van der Waals surface area contributed by atoms with E-state index in [9.17, 15) is 24.8 Å². The van der Waals surface area contributed by atoms with Crippen molar-refractivity contribution >= 4 is 40.4 Å². The molecule has 1 aliphatic heterocycles. The average molecular weight is 443 g/mol. The molecule has 1 fully saturated rings. The fraction of sp³-hybridized carbons (Fsp3) is 0.364. The number of hydrogen-bond donors (Lipinski definition) is 1. The van der Waals surface area contributed by atoms with Crippen molar-refractivity contribution in [3.05, 3.63) is 47.5 Å². The van der Waals surface area contributed by atoms with Gasteiger partial charge in [0.25, 0.3) is 0 Å². The number of aliphatic hydroxyl groups is 1. The van der Waals surface area contributed by atoms with E-state index in [4.69, 9.17) is 14.2 Å². The summed E-state index contributed by atoms with van der Waals surface area (Å²) in [5.41, 5.74) is -3.07. The molecule has 1 saturated heterocycles. The van der Waals surface area contributed by atoms with Crippen LogP contribution in [-0.4, -0.2) is 46.4 Å². The molecule has 8 nitrogen and oxygen atoms in total. The van der Waals surface area contributed by atoms with Crippen LogP contribution in [0.3, 0.4) is 0 Å². The van der Waals surface area contributed by atoms with E-state index in [-0.39, 0.29) is 16.9 Å². The lowest BCUT2D eigenvalue weighted by Gasteiger charge is -2.48. The minimum atomic E-state index is -1.98. The largest absolute Gasteiger partial charge is 0.458 e. The van der Waals surface area contributed by atoms with Crippen LogP contribution < -0.4 is 0 Å². The van der Waals surface area contributed by atoms with E-state index in [0.29, 0.717) is 5.39 Å². The average Bonchev–Trinajstić information content (AvgIpc) is 2.71. The third kappa shape index (κ3) is 4.22. The monoisotopic (exact) mass is 443 g/mol. The first-order chi connectivity index (χ1) is 14.7. The number of carbonyl (C=O) groups excluding carboxylic acids is 3. The molecule has 3 rings (SSSR count). The molecule has 162 valence electrons. The van der Waals surface area contributed by atoms with Crippen molar-refractivity contribution in [1.29, 1.82) is 5.26 Å². The van der Waals surface area contributed by atoms with E-state index >= 15 is 0 Å². The number of ether oxygens (including phenoxy) is 3. The summed E-state index contributed by atoms with van der Waals surface area (Å²) in [6, 6.07) is 12.5. The summed E-state index contributed by atoms with van der Waals surface area (Å²) in [5.74, 6) is -2.03. The number of benzene rings is 2. The van der Waals surface area contributed by atoms with Crippen LogP contribution in [0.2, 0.25) is 0 Å². The molecule has 0 aromatic heterocycles. The molecule has 0 radical (unpaired) electrons. The van der Waals surface area contributed by atoms with Gasteiger partial charge in [-0.25, -0.2) is 0 Å². The van der Waals surface area contributed by atoms with Gasteiger partial charge in [0.05, 0.1) is 5.56 Å². The summed E-state index contributed by atoms with van der Waals surface area (Å²) >= 11 is 0.968. The molecule has 0 aliphatic carbocycles. The molecule has 1 heterocycles. The Balaban J connectivity index is 2.34. The zero-order chi connectivity index (χ0) is 22.8. The van der Waals surface area contributed by atoms with Crippen LogP contribution in [0.4, 0.5) is 0 Å². The Labute approximate surface area is 183 Å². The lowest BCUT2D eigenvalue weighted by Crippen LogP contribution is -2.62. The summed E-state index contributed by atoms with van der Waals surface area (Å²) in [6.07, 6.45) is -2.39. The molecular formula is C22H21NO7S. The van der Waals surface area contributed by atoms with Crippen molar-refractivity contribution in [1.82, 2.24) is 0 Å². The highest BCUT2D eigenvalue weighted by Gasteiger charge is 2.60. The van der Waals surface area contributed by atoms with Crippen LogP contribution in [0, 0.1) is 11.3 Å². The van der Waals surface area contributed by atoms with Crippen LogP contribution in [0.25, 0.3) is 10.8 Å². The van der Waals surface area contributed by atoms with Crippen molar-refractivity contribution in [3.63, 3.8) is 0 Å². The van der Waals surface area contributed by atoms with Gasteiger partial charge < -0.3 is 19.3 Å². The minimum Gasteiger partial charge on any atom is -0.458 e. The number of hydrogen-bond acceptors (Lipinski definition) is 9. The SMILES string of the molecule is CC(=O)O[C@@H]1CS[C@@H](O)[C@@](OC(C)=O)(c2ccc3ccccc3c2C#N)[C@H]1OC(C)=O. The predicted octanol–water partition coefficient (Wildman–Crippen LogP) is 2.40. The molecule has 31 heavy (non-hydrogen) atoms. The Morgan fingerprint density at radius 1 is 1.06 bits per heavy atom. The second-order valence-corrected chi connectivity index (χ2v) is 8.18. The van der Waals surface area contributed by atoms with E-state index < -0.39 is 41.2 Å². The fourth-order valence-electron chi connectivity index (χ4n) is 3.87. The number of aliphatic hydroxyl groups excluding tert-OH is 1. The third-order valence-corrected chi connectivity index (χ3v) is 6.12. The molecule has 0 saturated carbocycles. The predicted molar refractivity (Wildman–Crippen MR) is 112 cm³/mol. The zero-order valence-electron chi connectivity index (χ0n) is 17.2. The Morgan fingerprint density at radius 3 is 2.35 bits per heavy atom. The maximum atomic E-state index is 12.2. The van der Waals surface area contributed by atoms with Crippen molar-refractivity contribution in [2.24, 2.45) is 0 Å². The van der Waals surface area contributed by atoms with Gasteiger partial charge in [0, 0.05) is 32.1 Å². The highest BCUT2D eigenvalue weighted by molar-refractivity contribution is 7.99. The first-order valence-electron chi connectivity index (χ1n) is 9.46. The molecule has 0 bridgehead atoms. The molecule has 9 heteroatoms. The van der Waals surface area contributed by atoms with Crippen molar-refractivity contribution in [3.8, 4) is 6.07 Å². The van der Waals surface area contributed by atoms with Gasteiger partial charge >= 0.3 is 17.9 Å². The van der Waals surface area contributed by atoms with E-state index in [1.807, 2.05) is 12.1 Å². The Kier molecular flexibility index (Phi) is 6.53. The number of thioether (sulfide) groups is 1. The highest BCUT2D eigenvalue weighted by Crippen LogP contribution is 2.48.